The van der Waals surface area contributed by atoms with Crippen LogP contribution in [-0.2, 0) is 0 Å². The first-order valence-electron chi connectivity index (χ1n) is 9.21. The van der Waals surface area contributed by atoms with Crippen molar-refractivity contribution in [2.45, 2.75) is 6.92 Å². The van der Waals surface area contributed by atoms with Crippen molar-refractivity contribution in [2.24, 2.45) is 0 Å². The van der Waals surface area contributed by atoms with Crippen molar-refractivity contribution in [2.75, 3.05) is 12.8 Å². The smallest absolute Gasteiger partial charge is 0.224 e. The largest absolute Gasteiger partial charge is 0.480 e. The second-order valence-corrected chi connectivity index (χ2v) is 6.65. The van der Waals surface area contributed by atoms with E-state index >= 15 is 0 Å². The van der Waals surface area contributed by atoms with Crippen molar-refractivity contribution < 1.29 is 13.9 Å². The van der Waals surface area contributed by atoms with Gasteiger partial charge in [0.15, 0.2) is 0 Å². The van der Waals surface area contributed by atoms with Crippen molar-refractivity contribution in [1.82, 2.24) is 15.0 Å². The molecular weight excluding hydrogens is 383 g/mol. The molecule has 7 heteroatoms. The average Bonchev–Trinajstić information content (AvgIpc) is 2.76. The average molecular weight is 402 g/mol. The zero-order chi connectivity index (χ0) is 21.1. The van der Waals surface area contributed by atoms with Crippen LogP contribution in [0.1, 0.15) is 5.56 Å². The fourth-order valence-electron chi connectivity index (χ4n) is 3.06. The predicted octanol–water partition coefficient (Wildman–Crippen LogP) is 5.04. The van der Waals surface area contributed by atoms with E-state index in [-0.39, 0.29) is 0 Å². The van der Waals surface area contributed by atoms with Crippen molar-refractivity contribution in [1.29, 1.82) is 0 Å². The molecule has 3 aromatic heterocycles. The van der Waals surface area contributed by atoms with Crippen LogP contribution < -0.4 is 15.2 Å². The molecule has 0 saturated heterocycles. The maximum atomic E-state index is 13.4. The van der Waals surface area contributed by atoms with Gasteiger partial charge in [-0.2, -0.15) is 9.37 Å². The molecule has 150 valence electrons. The lowest BCUT2D eigenvalue weighted by molar-refractivity contribution is 0.385. The van der Waals surface area contributed by atoms with Gasteiger partial charge in [0.2, 0.25) is 17.7 Å². The van der Waals surface area contributed by atoms with Gasteiger partial charge in [0.05, 0.1) is 7.11 Å². The van der Waals surface area contributed by atoms with Crippen LogP contribution in [0.3, 0.4) is 0 Å². The Hall–Kier alpha value is -4.00. The third kappa shape index (κ3) is 4.05. The summed E-state index contributed by atoms with van der Waals surface area (Å²) in [5.41, 5.74) is 10.1. The molecule has 0 amide bonds. The Bertz CT molecular complexity index is 1200. The number of methoxy groups -OCH3 is 1. The normalized spacial score (nSPS) is 10.6. The molecule has 0 aliphatic heterocycles. The van der Waals surface area contributed by atoms with Crippen LogP contribution in [0.15, 0.2) is 67.0 Å². The van der Waals surface area contributed by atoms with Gasteiger partial charge in [-0.25, -0.2) is 9.97 Å². The van der Waals surface area contributed by atoms with E-state index in [9.17, 15) is 4.39 Å². The Morgan fingerprint density at radius 1 is 0.900 bits per heavy atom. The van der Waals surface area contributed by atoms with Gasteiger partial charge in [0.25, 0.3) is 0 Å². The highest BCUT2D eigenvalue weighted by molar-refractivity contribution is 5.74. The Morgan fingerprint density at radius 3 is 2.43 bits per heavy atom. The van der Waals surface area contributed by atoms with Gasteiger partial charge < -0.3 is 15.2 Å². The van der Waals surface area contributed by atoms with Crippen molar-refractivity contribution in [3.63, 3.8) is 0 Å². The molecule has 30 heavy (non-hydrogen) atoms. The molecule has 0 radical (unpaired) electrons. The van der Waals surface area contributed by atoms with Crippen LogP contribution in [0.4, 0.5) is 10.2 Å². The molecule has 1 aromatic carbocycles. The monoisotopic (exact) mass is 402 g/mol. The van der Waals surface area contributed by atoms with Gasteiger partial charge >= 0.3 is 0 Å². The Labute approximate surface area is 173 Å². The minimum absolute atomic E-state index is 0.327. The summed E-state index contributed by atoms with van der Waals surface area (Å²) < 4.78 is 24.7. The van der Waals surface area contributed by atoms with Crippen molar-refractivity contribution >= 4 is 5.82 Å². The number of nitrogens with zero attached hydrogens (tertiary/aromatic N) is 3. The number of aromatic nitrogens is 3. The van der Waals surface area contributed by atoms with E-state index in [1.54, 1.807) is 24.4 Å². The lowest BCUT2D eigenvalue weighted by atomic mass is 10.1. The summed E-state index contributed by atoms with van der Waals surface area (Å²) in [5, 5.41) is 0. The number of benzene rings is 1. The molecule has 0 spiro atoms. The summed E-state index contributed by atoms with van der Waals surface area (Å²) in [5.74, 6) is 1.20. The highest BCUT2D eigenvalue weighted by Crippen LogP contribution is 2.33. The zero-order valence-electron chi connectivity index (χ0n) is 16.5. The summed E-state index contributed by atoms with van der Waals surface area (Å²) >= 11 is 0. The number of nitrogen functional groups attached to an aromatic ring is 1. The lowest BCUT2D eigenvalue weighted by Gasteiger charge is -2.11. The third-order valence-electron chi connectivity index (χ3n) is 4.51. The number of hydrogen-bond acceptors (Lipinski definition) is 6. The first-order chi connectivity index (χ1) is 14.5. The Kier molecular flexibility index (Phi) is 5.26. The fourth-order valence-corrected chi connectivity index (χ4v) is 3.06. The number of halogens is 1. The van der Waals surface area contributed by atoms with E-state index < -0.39 is 5.95 Å². The van der Waals surface area contributed by atoms with E-state index in [0.29, 0.717) is 34.5 Å². The molecule has 6 nitrogen and oxygen atoms in total. The molecule has 0 fully saturated rings. The lowest BCUT2D eigenvalue weighted by Crippen LogP contribution is -1.96. The van der Waals surface area contributed by atoms with Crippen LogP contribution >= 0.6 is 0 Å². The fraction of sp³-hybridized carbons (Fsp3) is 0.0870. The van der Waals surface area contributed by atoms with Gasteiger partial charge in [-0.05, 0) is 53.9 Å². The van der Waals surface area contributed by atoms with Crippen molar-refractivity contribution in [3.8, 4) is 39.8 Å². The molecule has 0 atom stereocenters. The second-order valence-electron chi connectivity index (χ2n) is 6.65. The Balaban J connectivity index is 1.58. The molecule has 4 aromatic rings. The summed E-state index contributed by atoms with van der Waals surface area (Å²) in [6.07, 6.45) is 3.13. The number of rotatable bonds is 5. The molecule has 0 aliphatic carbocycles. The first-order valence-corrected chi connectivity index (χ1v) is 9.21. The van der Waals surface area contributed by atoms with E-state index in [1.165, 1.54) is 19.4 Å². The molecule has 2 N–H and O–H groups in total. The summed E-state index contributed by atoms with van der Waals surface area (Å²) in [6.45, 7) is 1.97. The quantitative estimate of drug-likeness (QED) is 0.471. The maximum Gasteiger partial charge on any atom is 0.224 e. The third-order valence-corrected chi connectivity index (χ3v) is 4.51. The molecule has 3 heterocycles. The van der Waals surface area contributed by atoms with E-state index in [1.807, 2.05) is 37.3 Å². The Morgan fingerprint density at radius 2 is 1.70 bits per heavy atom. The predicted molar refractivity (Wildman–Crippen MR) is 113 cm³/mol. The van der Waals surface area contributed by atoms with Gasteiger partial charge in [0, 0.05) is 35.7 Å². The zero-order valence-corrected chi connectivity index (χ0v) is 16.5. The second kappa shape index (κ2) is 8.16. The van der Waals surface area contributed by atoms with Crippen LogP contribution in [0.2, 0.25) is 0 Å². The molecule has 4 rings (SSSR count). The number of pyridine rings is 3. The SMILES string of the molecule is COc1nc(Oc2ccc(-c3cc(C)cnc3N)cc2)ccc1-c1ccnc(F)c1. The summed E-state index contributed by atoms with van der Waals surface area (Å²) in [7, 11) is 1.50. The van der Waals surface area contributed by atoms with Crippen LogP contribution in [0.25, 0.3) is 22.3 Å². The van der Waals surface area contributed by atoms with Gasteiger partial charge in [-0.3, -0.25) is 0 Å². The van der Waals surface area contributed by atoms with E-state index in [2.05, 4.69) is 15.0 Å². The topological polar surface area (TPSA) is 83.2 Å². The van der Waals surface area contributed by atoms with Gasteiger partial charge in [0.1, 0.15) is 11.6 Å². The van der Waals surface area contributed by atoms with Crippen molar-refractivity contribution in [3.05, 3.63) is 78.5 Å². The standard InChI is InChI=1S/C23H19FN4O2/c1-14-11-19(22(25)27-13-14)15-3-5-17(6-4-15)30-21-8-7-18(23(28-21)29-2)16-9-10-26-20(24)12-16/h3-13H,1-2H3,(H2,25,27). The molecule has 0 saturated carbocycles. The molecule has 0 aliphatic rings. The highest BCUT2D eigenvalue weighted by atomic mass is 19.1. The highest BCUT2D eigenvalue weighted by Gasteiger charge is 2.11. The number of nitrogens with two attached hydrogens (primary N) is 1. The van der Waals surface area contributed by atoms with E-state index in [0.717, 1.165) is 16.7 Å². The number of anilines is 1. The molecule has 0 unspecified atom stereocenters. The first kappa shape index (κ1) is 19.3. The van der Waals surface area contributed by atoms with Crippen LogP contribution in [0.5, 0.6) is 17.5 Å². The number of ether oxygens (including phenoxy) is 2. The number of aryl methyl sites for hydroxylation is 1. The summed E-state index contributed by atoms with van der Waals surface area (Å²) in [4.78, 5) is 12.1. The molecule has 0 bridgehead atoms. The minimum atomic E-state index is -0.570. The minimum Gasteiger partial charge on any atom is -0.480 e. The number of hydrogen-bond donors (Lipinski definition) is 1. The maximum absolute atomic E-state index is 13.4. The van der Waals surface area contributed by atoms with Crippen LogP contribution in [0, 0.1) is 12.9 Å². The van der Waals surface area contributed by atoms with E-state index in [4.69, 9.17) is 15.2 Å². The van der Waals surface area contributed by atoms with Gasteiger partial charge in [-0.15, -0.1) is 0 Å². The molecular formula is C23H19FN4O2. The van der Waals surface area contributed by atoms with Crippen LogP contribution in [-0.4, -0.2) is 22.1 Å². The van der Waals surface area contributed by atoms with Gasteiger partial charge in [-0.1, -0.05) is 12.1 Å². The summed E-state index contributed by atoms with van der Waals surface area (Å²) in [6, 6.07) is 16.0.